The number of hydrogen-bond acceptors (Lipinski definition) is 7. The highest BCUT2D eigenvalue weighted by molar-refractivity contribution is 5.95. The molecule has 0 aliphatic rings. The summed E-state index contributed by atoms with van der Waals surface area (Å²) in [5, 5.41) is 26.7. The van der Waals surface area contributed by atoms with Crippen LogP contribution in [0.15, 0.2) is 59.5 Å². The molecule has 1 amide bonds. The van der Waals surface area contributed by atoms with Crippen molar-refractivity contribution in [2.24, 2.45) is 0 Å². The number of halogens is 6. The number of aromatic nitrogens is 4. The number of amides is 1. The fourth-order valence-electron chi connectivity index (χ4n) is 3.55. The lowest BCUT2D eigenvalue weighted by Crippen LogP contribution is -2.41. The van der Waals surface area contributed by atoms with Crippen molar-refractivity contribution in [3.63, 3.8) is 0 Å². The van der Waals surface area contributed by atoms with Crippen LogP contribution in [0, 0.1) is 5.82 Å². The second-order valence-corrected chi connectivity index (χ2v) is 9.22. The minimum absolute atomic E-state index is 0.0193. The van der Waals surface area contributed by atoms with Gasteiger partial charge in [0.2, 0.25) is 0 Å². The van der Waals surface area contributed by atoms with Crippen LogP contribution in [0.2, 0.25) is 0 Å². The minimum Gasteiger partial charge on any atom is -0.478 e. The molecule has 43 heavy (non-hydrogen) atoms. The summed E-state index contributed by atoms with van der Waals surface area (Å²) in [5.41, 5.74) is 0.153. The molecule has 0 fully saturated rings. The van der Waals surface area contributed by atoms with Gasteiger partial charge < -0.3 is 19.9 Å². The highest BCUT2D eigenvalue weighted by Gasteiger charge is 2.38. The number of nitrogens with zero attached hydrogens (tertiary/aromatic N) is 4. The number of benzene rings is 2. The zero-order chi connectivity index (χ0) is 32.1. The van der Waals surface area contributed by atoms with E-state index in [0.29, 0.717) is 5.56 Å². The predicted octanol–water partition coefficient (Wildman–Crippen LogP) is 5.05. The van der Waals surface area contributed by atoms with E-state index in [1.165, 1.54) is 35.1 Å². The average Bonchev–Trinajstić information content (AvgIpc) is 3.58. The van der Waals surface area contributed by atoms with Gasteiger partial charge in [0.1, 0.15) is 17.2 Å². The number of rotatable bonds is 8. The molecule has 4 aromatic rings. The lowest BCUT2D eigenvalue weighted by molar-refractivity contribution is -0.192. The Morgan fingerprint density at radius 3 is 2.16 bits per heavy atom. The van der Waals surface area contributed by atoms with E-state index in [0.717, 1.165) is 12.5 Å². The lowest BCUT2D eigenvalue weighted by atomic mass is 9.93. The van der Waals surface area contributed by atoms with Gasteiger partial charge in [0, 0.05) is 11.1 Å². The molecule has 0 saturated carbocycles. The molecule has 0 radical (unpaired) electrons. The maximum atomic E-state index is 14.9. The van der Waals surface area contributed by atoms with Crippen molar-refractivity contribution >= 4 is 17.8 Å². The number of aliphatic carboxylic acids is 1. The third-order valence-corrected chi connectivity index (χ3v) is 5.75. The molecule has 0 spiro atoms. The summed E-state index contributed by atoms with van der Waals surface area (Å²) in [6, 6.07) is 9.91. The second kappa shape index (κ2) is 12.7. The number of nitrogens with one attached hydrogen (secondary N) is 1. The number of alkyl halides is 5. The first-order valence-corrected chi connectivity index (χ1v) is 11.9. The molecule has 2 aromatic carbocycles. The van der Waals surface area contributed by atoms with Crippen molar-refractivity contribution in [3.8, 4) is 11.3 Å². The van der Waals surface area contributed by atoms with Gasteiger partial charge in [0.15, 0.2) is 12.2 Å². The van der Waals surface area contributed by atoms with Crippen LogP contribution in [-0.2, 0) is 16.9 Å². The zero-order valence-electron chi connectivity index (χ0n) is 22.1. The molecule has 2 heterocycles. The number of carboxylic acids is 2. The highest BCUT2D eigenvalue weighted by Crippen LogP contribution is 2.26. The van der Waals surface area contributed by atoms with Crippen LogP contribution < -0.4 is 5.32 Å². The number of carbonyl (C=O) groups is 3. The predicted molar refractivity (Wildman–Crippen MR) is 134 cm³/mol. The molecular formula is C26H21F6N5O6. The molecule has 0 unspecified atom stereocenters. The Bertz CT molecular complexity index is 1620. The standard InChI is InChI=1S/C24H20F3N5O4.C2HF3O2/c1-24(2,15-6-3-13(4-7-15)23(34)35)29-22(33)14-5-8-16(17(25)9-14)18-10-32(31-30-18)11-19-20(21(26)27)36-12-28-19;3-2(4,5)1(6)7/h3-10,12,21H,11H2,1-2H3,(H,29,33)(H,34,35);(H,6,7). The van der Waals surface area contributed by atoms with Gasteiger partial charge in [0.25, 0.3) is 12.3 Å². The van der Waals surface area contributed by atoms with Gasteiger partial charge in [0.05, 0.1) is 23.8 Å². The van der Waals surface area contributed by atoms with Crippen molar-refractivity contribution < 1.29 is 55.4 Å². The first kappa shape index (κ1) is 32.3. The molecule has 0 aliphatic carbocycles. The number of carbonyl (C=O) groups excluding carboxylic acids is 1. The Kier molecular flexibility index (Phi) is 9.57. The van der Waals surface area contributed by atoms with Crippen LogP contribution in [0.3, 0.4) is 0 Å². The molecule has 17 heteroatoms. The molecule has 0 atom stereocenters. The largest absolute Gasteiger partial charge is 0.490 e. The topological polar surface area (TPSA) is 160 Å². The third kappa shape index (κ3) is 8.17. The smallest absolute Gasteiger partial charge is 0.478 e. The van der Waals surface area contributed by atoms with Crippen molar-refractivity contribution in [1.82, 2.24) is 25.3 Å². The molecule has 0 aliphatic heterocycles. The van der Waals surface area contributed by atoms with Crippen LogP contribution in [0.25, 0.3) is 11.3 Å². The van der Waals surface area contributed by atoms with E-state index in [1.807, 2.05) is 0 Å². The van der Waals surface area contributed by atoms with E-state index >= 15 is 0 Å². The normalized spacial score (nSPS) is 11.6. The molecule has 4 rings (SSSR count). The summed E-state index contributed by atoms with van der Waals surface area (Å²) in [6.45, 7) is 3.32. The van der Waals surface area contributed by atoms with Crippen LogP contribution in [-0.4, -0.2) is 54.2 Å². The average molecular weight is 613 g/mol. The van der Waals surface area contributed by atoms with Crippen LogP contribution in [0.1, 0.15) is 58.0 Å². The van der Waals surface area contributed by atoms with Crippen molar-refractivity contribution in [1.29, 1.82) is 0 Å². The van der Waals surface area contributed by atoms with Crippen molar-refractivity contribution in [2.45, 2.75) is 38.5 Å². The highest BCUT2D eigenvalue weighted by atomic mass is 19.4. The minimum atomic E-state index is -5.08. The number of hydrogen-bond donors (Lipinski definition) is 3. The summed E-state index contributed by atoms with van der Waals surface area (Å²) >= 11 is 0. The first-order chi connectivity index (χ1) is 20.0. The molecular weight excluding hydrogens is 592 g/mol. The van der Waals surface area contributed by atoms with Gasteiger partial charge in [-0.1, -0.05) is 17.3 Å². The van der Waals surface area contributed by atoms with Gasteiger partial charge in [-0.05, 0) is 49.7 Å². The van der Waals surface area contributed by atoms with Crippen LogP contribution in [0.5, 0.6) is 0 Å². The number of oxazole rings is 1. The van der Waals surface area contributed by atoms with E-state index in [4.69, 9.17) is 15.0 Å². The Morgan fingerprint density at radius 2 is 1.63 bits per heavy atom. The summed E-state index contributed by atoms with van der Waals surface area (Å²) in [6.07, 6.45) is -5.65. The number of carboxylic acid groups (broad SMARTS) is 2. The van der Waals surface area contributed by atoms with Gasteiger partial charge in [-0.25, -0.2) is 32.4 Å². The fraction of sp³-hybridized carbons (Fsp3) is 0.231. The molecule has 0 saturated heterocycles. The Balaban J connectivity index is 0.000000646. The van der Waals surface area contributed by atoms with E-state index in [9.17, 15) is 35.9 Å². The SMILES string of the molecule is CC(C)(NC(=O)c1ccc(-c2cn(Cc3ncoc3C(F)F)nn2)c(F)c1)c1ccc(C(=O)O)cc1.O=C(O)C(F)(F)F. The molecule has 11 nitrogen and oxygen atoms in total. The quantitative estimate of drug-likeness (QED) is 0.231. The van der Waals surface area contributed by atoms with E-state index < -0.39 is 47.6 Å². The fourth-order valence-corrected chi connectivity index (χ4v) is 3.55. The molecule has 3 N–H and O–H groups in total. The van der Waals surface area contributed by atoms with E-state index in [-0.39, 0.29) is 34.6 Å². The maximum Gasteiger partial charge on any atom is 0.490 e. The van der Waals surface area contributed by atoms with Gasteiger partial charge in [-0.15, -0.1) is 5.10 Å². The van der Waals surface area contributed by atoms with Gasteiger partial charge in [-0.2, -0.15) is 13.2 Å². The summed E-state index contributed by atoms with van der Waals surface area (Å²) in [7, 11) is 0. The Labute approximate surface area is 237 Å². The van der Waals surface area contributed by atoms with Gasteiger partial charge >= 0.3 is 18.1 Å². The third-order valence-electron chi connectivity index (χ3n) is 5.75. The Hall–Kier alpha value is -5.22. The monoisotopic (exact) mass is 613 g/mol. The maximum absolute atomic E-state index is 14.9. The van der Waals surface area contributed by atoms with Crippen LogP contribution >= 0.6 is 0 Å². The first-order valence-electron chi connectivity index (χ1n) is 11.9. The van der Waals surface area contributed by atoms with Crippen molar-refractivity contribution in [2.75, 3.05) is 0 Å². The molecule has 0 bridgehead atoms. The molecule has 228 valence electrons. The van der Waals surface area contributed by atoms with Crippen LogP contribution in [0.4, 0.5) is 26.3 Å². The van der Waals surface area contributed by atoms with E-state index in [1.54, 1.807) is 26.0 Å². The zero-order valence-corrected chi connectivity index (χ0v) is 22.1. The van der Waals surface area contributed by atoms with Gasteiger partial charge in [-0.3, -0.25) is 4.79 Å². The second-order valence-electron chi connectivity index (χ2n) is 9.22. The summed E-state index contributed by atoms with van der Waals surface area (Å²) in [4.78, 5) is 36.5. The summed E-state index contributed by atoms with van der Waals surface area (Å²) < 4.78 is 78.4. The lowest BCUT2D eigenvalue weighted by Gasteiger charge is -2.27. The van der Waals surface area contributed by atoms with E-state index in [2.05, 4.69) is 25.0 Å². The van der Waals surface area contributed by atoms with Crippen molar-refractivity contribution in [3.05, 3.63) is 89.0 Å². The summed E-state index contributed by atoms with van der Waals surface area (Å²) in [5.74, 6) is -5.66. The molecule has 2 aromatic heterocycles. The Morgan fingerprint density at radius 1 is 1.02 bits per heavy atom. The number of aromatic carboxylic acids is 1.